The molecule has 0 saturated carbocycles. The van der Waals surface area contributed by atoms with Crippen molar-refractivity contribution in [3.8, 4) is 0 Å². The summed E-state index contributed by atoms with van der Waals surface area (Å²) in [7, 11) is 0. The second-order valence-electron chi connectivity index (χ2n) is 6.78. The molecule has 1 heterocycles. The van der Waals surface area contributed by atoms with Crippen LogP contribution < -0.4 is 5.32 Å². The molecule has 0 radical (unpaired) electrons. The Balaban J connectivity index is 2.71. The smallest absolute Gasteiger partial charge is 0.203 e. The van der Waals surface area contributed by atoms with Crippen LogP contribution in [0.3, 0.4) is 0 Å². The predicted octanol–water partition coefficient (Wildman–Crippen LogP) is 4.19. The van der Waals surface area contributed by atoms with Gasteiger partial charge in [0.05, 0.1) is 5.69 Å². The van der Waals surface area contributed by atoms with Crippen LogP contribution in [0.2, 0.25) is 0 Å². The normalized spacial score (nSPS) is 12.2. The third-order valence-electron chi connectivity index (χ3n) is 3.67. The number of hydrogen-bond donors (Lipinski definition) is 1. The van der Waals surface area contributed by atoms with E-state index in [2.05, 4.69) is 69.5 Å². The van der Waals surface area contributed by atoms with Crippen molar-refractivity contribution < 1.29 is 0 Å². The van der Waals surface area contributed by atoms with Crippen molar-refractivity contribution in [1.82, 2.24) is 9.55 Å². The molecule has 0 fully saturated rings. The maximum atomic E-state index is 4.61. The zero-order chi connectivity index (χ0) is 14.6. The van der Waals surface area contributed by atoms with E-state index in [0.717, 1.165) is 24.7 Å². The van der Waals surface area contributed by atoms with E-state index < -0.39 is 0 Å². The lowest BCUT2D eigenvalue weighted by molar-refractivity contribution is 0.303. The molecule has 3 nitrogen and oxygen atoms in total. The summed E-state index contributed by atoms with van der Waals surface area (Å²) in [6, 6.07) is 0. The first-order chi connectivity index (χ1) is 8.81. The third-order valence-corrected chi connectivity index (χ3v) is 3.67. The first-order valence-electron chi connectivity index (χ1n) is 7.58. The Morgan fingerprint density at radius 1 is 1.11 bits per heavy atom. The van der Waals surface area contributed by atoms with Crippen molar-refractivity contribution in [2.24, 2.45) is 23.7 Å². The molecular weight excluding hydrogens is 234 g/mol. The molecule has 19 heavy (non-hydrogen) atoms. The summed E-state index contributed by atoms with van der Waals surface area (Å²) in [4.78, 5) is 4.61. The van der Waals surface area contributed by atoms with E-state index in [0.29, 0.717) is 23.7 Å². The standard InChI is InChI=1S/C16H31N3/c1-11(2)9-19-10-14(7)18-16(19)17-8-15(12(3)4)13(5)6/h10-13,15H,8-9H2,1-7H3,(H,17,18). The van der Waals surface area contributed by atoms with Crippen LogP contribution in [0.1, 0.15) is 47.2 Å². The number of aryl methyl sites for hydroxylation is 1. The van der Waals surface area contributed by atoms with Gasteiger partial charge in [-0.25, -0.2) is 4.98 Å². The molecule has 0 aliphatic carbocycles. The molecule has 1 aromatic heterocycles. The molecule has 0 aliphatic heterocycles. The Morgan fingerprint density at radius 3 is 2.16 bits per heavy atom. The highest BCUT2D eigenvalue weighted by Gasteiger charge is 2.18. The Bertz CT molecular complexity index is 369. The average molecular weight is 265 g/mol. The first kappa shape index (κ1) is 16.1. The summed E-state index contributed by atoms with van der Waals surface area (Å²) in [6.07, 6.45) is 2.14. The SMILES string of the molecule is Cc1cn(CC(C)C)c(NCC(C(C)C)C(C)C)n1. The number of imidazole rings is 1. The Morgan fingerprint density at radius 2 is 1.68 bits per heavy atom. The van der Waals surface area contributed by atoms with E-state index in [-0.39, 0.29) is 0 Å². The molecular formula is C16H31N3. The quantitative estimate of drug-likeness (QED) is 0.801. The van der Waals surface area contributed by atoms with E-state index in [1.807, 2.05) is 0 Å². The van der Waals surface area contributed by atoms with Gasteiger partial charge in [-0.05, 0) is 30.6 Å². The molecule has 110 valence electrons. The number of anilines is 1. The fourth-order valence-corrected chi connectivity index (χ4v) is 2.67. The lowest BCUT2D eigenvalue weighted by atomic mass is 9.85. The van der Waals surface area contributed by atoms with Gasteiger partial charge in [0.15, 0.2) is 0 Å². The predicted molar refractivity (Wildman–Crippen MR) is 83.5 cm³/mol. The summed E-state index contributed by atoms with van der Waals surface area (Å²) in [5.41, 5.74) is 1.09. The lowest BCUT2D eigenvalue weighted by Gasteiger charge is -2.25. The van der Waals surface area contributed by atoms with Gasteiger partial charge in [-0.15, -0.1) is 0 Å². The molecule has 0 saturated heterocycles. The topological polar surface area (TPSA) is 29.9 Å². The fourth-order valence-electron chi connectivity index (χ4n) is 2.67. The van der Waals surface area contributed by atoms with Gasteiger partial charge in [-0.2, -0.15) is 0 Å². The second-order valence-corrected chi connectivity index (χ2v) is 6.78. The minimum Gasteiger partial charge on any atom is -0.355 e. The summed E-state index contributed by atoms with van der Waals surface area (Å²) < 4.78 is 2.25. The van der Waals surface area contributed by atoms with Crippen LogP contribution in [0.5, 0.6) is 0 Å². The molecule has 0 bridgehead atoms. The van der Waals surface area contributed by atoms with Gasteiger partial charge in [0, 0.05) is 19.3 Å². The van der Waals surface area contributed by atoms with Crippen LogP contribution in [0.4, 0.5) is 5.95 Å². The molecule has 0 spiro atoms. The fraction of sp³-hybridized carbons (Fsp3) is 0.812. The van der Waals surface area contributed by atoms with Gasteiger partial charge in [0.25, 0.3) is 0 Å². The molecule has 1 aromatic rings. The van der Waals surface area contributed by atoms with Crippen molar-refractivity contribution in [3.63, 3.8) is 0 Å². The molecule has 3 heteroatoms. The largest absolute Gasteiger partial charge is 0.355 e. The van der Waals surface area contributed by atoms with Gasteiger partial charge in [0.2, 0.25) is 5.95 Å². The number of hydrogen-bond acceptors (Lipinski definition) is 2. The molecule has 0 unspecified atom stereocenters. The monoisotopic (exact) mass is 265 g/mol. The van der Waals surface area contributed by atoms with E-state index >= 15 is 0 Å². The second kappa shape index (κ2) is 6.97. The first-order valence-corrected chi connectivity index (χ1v) is 7.58. The summed E-state index contributed by atoms with van der Waals surface area (Å²) in [6.45, 7) is 17.8. The van der Waals surface area contributed by atoms with Crippen LogP contribution in [0, 0.1) is 30.6 Å². The van der Waals surface area contributed by atoms with Gasteiger partial charge < -0.3 is 9.88 Å². The van der Waals surface area contributed by atoms with E-state index in [1.165, 1.54) is 0 Å². The van der Waals surface area contributed by atoms with Crippen LogP contribution in [-0.4, -0.2) is 16.1 Å². The number of nitrogens with zero attached hydrogens (tertiary/aromatic N) is 2. The number of aromatic nitrogens is 2. The van der Waals surface area contributed by atoms with Gasteiger partial charge in [-0.1, -0.05) is 41.5 Å². The van der Waals surface area contributed by atoms with E-state index in [1.54, 1.807) is 0 Å². The molecule has 1 rings (SSSR count). The maximum Gasteiger partial charge on any atom is 0.203 e. The van der Waals surface area contributed by atoms with Crippen LogP contribution in [0.25, 0.3) is 0 Å². The minimum atomic E-state index is 0.639. The van der Waals surface area contributed by atoms with Crippen molar-refractivity contribution in [2.75, 3.05) is 11.9 Å². The van der Waals surface area contributed by atoms with Crippen molar-refractivity contribution >= 4 is 5.95 Å². The third kappa shape index (κ3) is 4.88. The average Bonchev–Trinajstić information content (AvgIpc) is 2.57. The zero-order valence-corrected chi connectivity index (χ0v) is 13.7. The molecule has 0 aromatic carbocycles. The zero-order valence-electron chi connectivity index (χ0n) is 13.7. The minimum absolute atomic E-state index is 0.639. The van der Waals surface area contributed by atoms with Crippen molar-refractivity contribution in [1.29, 1.82) is 0 Å². The lowest BCUT2D eigenvalue weighted by Crippen LogP contribution is -2.25. The summed E-state index contributed by atoms with van der Waals surface area (Å²) in [5, 5.41) is 3.55. The van der Waals surface area contributed by atoms with Gasteiger partial charge in [0.1, 0.15) is 0 Å². The Hall–Kier alpha value is -0.990. The van der Waals surface area contributed by atoms with E-state index in [9.17, 15) is 0 Å². The van der Waals surface area contributed by atoms with E-state index in [4.69, 9.17) is 0 Å². The molecule has 1 N–H and O–H groups in total. The highest BCUT2D eigenvalue weighted by molar-refractivity contribution is 5.28. The highest BCUT2D eigenvalue weighted by atomic mass is 15.2. The van der Waals surface area contributed by atoms with Crippen molar-refractivity contribution in [3.05, 3.63) is 11.9 Å². The van der Waals surface area contributed by atoms with Crippen LogP contribution in [0.15, 0.2) is 6.20 Å². The Labute approximate surface area is 118 Å². The number of nitrogens with one attached hydrogen (secondary N) is 1. The molecule has 0 atom stereocenters. The molecule has 0 aliphatic rings. The Kier molecular flexibility index (Phi) is 5.89. The summed E-state index contributed by atoms with van der Waals surface area (Å²) >= 11 is 0. The number of rotatable bonds is 7. The summed E-state index contributed by atoms with van der Waals surface area (Å²) in [5.74, 6) is 3.74. The van der Waals surface area contributed by atoms with Crippen molar-refractivity contribution in [2.45, 2.75) is 55.0 Å². The van der Waals surface area contributed by atoms with Crippen LogP contribution >= 0.6 is 0 Å². The highest BCUT2D eigenvalue weighted by Crippen LogP contribution is 2.21. The van der Waals surface area contributed by atoms with Gasteiger partial charge in [-0.3, -0.25) is 0 Å². The van der Waals surface area contributed by atoms with Gasteiger partial charge >= 0.3 is 0 Å². The van der Waals surface area contributed by atoms with Crippen LogP contribution in [-0.2, 0) is 6.54 Å². The molecule has 0 amide bonds. The maximum absolute atomic E-state index is 4.61.